The Labute approximate surface area is 122 Å². The van der Waals surface area contributed by atoms with Crippen LogP contribution >= 0.6 is 0 Å². The van der Waals surface area contributed by atoms with E-state index in [2.05, 4.69) is 4.98 Å². The van der Waals surface area contributed by atoms with Gasteiger partial charge < -0.3 is 10.5 Å². The minimum absolute atomic E-state index is 0.296. The molecule has 3 rings (SSSR count). The van der Waals surface area contributed by atoms with E-state index in [1.807, 2.05) is 24.3 Å². The topological polar surface area (TPSA) is 48.1 Å². The molecule has 0 amide bonds. The molecule has 0 saturated heterocycles. The maximum Gasteiger partial charge on any atom is 0.227 e. The molecule has 3 nitrogen and oxygen atoms in total. The number of hydrogen-bond donors (Lipinski definition) is 1. The number of ether oxygens (including phenoxy) is 1. The van der Waals surface area contributed by atoms with E-state index in [-0.39, 0.29) is 5.82 Å². The van der Waals surface area contributed by atoms with Gasteiger partial charge in [0.2, 0.25) is 5.88 Å². The fraction of sp³-hybridized carbons (Fsp3) is 0.118. The first-order chi connectivity index (χ1) is 10.2. The molecule has 0 saturated carbocycles. The summed E-state index contributed by atoms with van der Waals surface area (Å²) in [6, 6.07) is 12.5. The van der Waals surface area contributed by atoms with Crippen LogP contribution in [0.25, 0.3) is 10.8 Å². The van der Waals surface area contributed by atoms with E-state index in [9.17, 15) is 4.39 Å². The second-order valence-electron chi connectivity index (χ2n) is 4.85. The lowest BCUT2D eigenvalue weighted by atomic mass is 10.1. The first kappa shape index (κ1) is 13.5. The molecule has 0 radical (unpaired) electrons. The van der Waals surface area contributed by atoms with Gasteiger partial charge in [-0.2, -0.15) is 0 Å². The monoisotopic (exact) mass is 282 g/mol. The summed E-state index contributed by atoms with van der Waals surface area (Å²) in [5.74, 6) is 0.581. The zero-order valence-corrected chi connectivity index (χ0v) is 11.6. The van der Waals surface area contributed by atoms with E-state index >= 15 is 0 Å². The van der Waals surface area contributed by atoms with Gasteiger partial charge in [0.15, 0.2) is 0 Å². The van der Waals surface area contributed by atoms with Crippen molar-refractivity contribution in [1.29, 1.82) is 0 Å². The lowest BCUT2D eigenvalue weighted by Crippen LogP contribution is -2.00. The minimum atomic E-state index is -0.296. The van der Waals surface area contributed by atoms with Crippen LogP contribution in [0.1, 0.15) is 11.1 Å². The van der Waals surface area contributed by atoms with Gasteiger partial charge >= 0.3 is 0 Å². The Morgan fingerprint density at radius 3 is 2.62 bits per heavy atom. The van der Waals surface area contributed by atoms with Crippen LogP contribution in [-0.2, 0) is 6.54 Å². The van der Waals surface area contributed by atoms with E-state index in [1.54, 1.807) is 25.3 Å². The molecular weight excluding hydrogens is 267 g/mol. The second-order valence-corrected chi connectivity index (χ2v) is 4.85. The van der Waals surface area contributed by atoms with Gasteiger partial charge in [0.05, 0.1) is 0 Å². The highest BCUT2D eigenvalue weighted by molar-refractivity contribution is 5.89. The van der Waals surface area contributed by atoms with Gasteiger partial charge in [0.1, 0.15) is 11.6 Å². The molecule has 0 aliphatic carbocycles. The number of pyridine rings is 1. The number of halogens is 1. The number of fused-ring (bicyclic) bond motifs is 1. The number of benzene rings is 2. The molecule has 0 aliphatic rings. The highest BCUT2D eigenvalue weighted by Gasteiger charge is 2.09. The number of nitrogens with two attached hydrogens (primary N) is 1. The molecular formula is C17H15FN2O. The van der Waals surface area contributed by atoms with Crippen molar-refractivity contribution in [1.82, 2.24) is 4.98 Å². The van der Waals surface area contributed by atoms with Crippen LogP contribution in [0.5, 0.6) is 11.6 Å². The minimum Gasteiger partial charge on any atom is -0.438 e. The molecule has 0 spiro atoms. The van der Waals surface area contributed by atoms with Crippen LogP contribution in [0.3, 0.4) is 0 Å². The molecule has 21 heavy (non-hydrogen) atoms. The van der Waals surface area contributed by atoms with Crippen LogP contribution in [0.15, 0.2) is 48.7 Å². The number of aromatic nitrogens is 1. The summed E-state index contributed by atoms with van der Waals surface area (Å²) in [7, 11) is 0. The van der Waals surface area contributed by atoms with E-state index in [0.29, 0.717) is 23.7 Å². The van der Waals surface area contributed by atoms with Crippen LogP contribution in [0.4, 0.5) is 4.39 Å². The van der Waals surface area contributed by atoms with Crippen molar-refractivity contribution in [2.45, 2.75) is 13.5 Å². The molecule has 1 heterocycles. The molecule has 2 N–H and O–H groups in total. The zero-order valence-electron chi connectivity index (χ0n) is 11.6. The van der Waals surface area contributed by atoms with E-state index in [4.69, 9.17) is 10.5 Å². The summed E-state index contributed by atoms with van der Waals surface area (Å²) in [6.45, 7) is 2.12. The largest absolute Gasteiger partial charge is 0.438 e. The van der Waals surface area contributed by atoms with E-state index in [1.165, 1.54) is 6.07 Å². The maximum absolute atomic E-state index is 13.6. The lowest BCUT2D eigenvalue weighted by Gasteiger charge is -2.10. The molecule has 0 atom stereocenters. The maximum atomic E-state index is 13.6. The van der Waals surface area contributed by atoms with Gasteiger partial charge in [-0.15, -0.1) is 0 Å². The summed E-state index contributed by atoms with van der Waals surface area (Å²) >= 11 is 0. The molecule has 4 heteroatoms. The van der Waals surface area contributed by atoms with Crippen molar-refractivity contribution in [3.05, 3.63) is 65.6 Å². The Kier molecular flexibility index (Phi) is 3.54. The van der Waals surface area contributed by atoms with Gasteiger partial charge in [0.25, 0.3) is 0 Å². The fourth-order valence-electron chi connectivity index (χ4n) is 2.22. The van der Waals surface area contributed by atoms with Gasteiger partial charge in [-0.3, -0.25) is 0 Å². The number of nitrogens with zero attached hydrogens (tertiary/aromatic N) is 1. The summed E-state index contributed by atoms with van der Waals surface area (Å²) in [4.78, 5) is 4.30. The van der Waals surface area contributed by atoms with Crippen LogP contribution in [-0.4, -0.2) is 4.98 Å². The number of hydrogen-bond acceptors (Lipinski definition) is 3. The van der Waals surface area contributed by atoms with Gasteiger partial charge in [-0.1, -0.05) is 24.3 Å². The second kappa shape index (κ2) is 5.50. The number of rotatable bonds is 3. The van der Waals surface area contributed by atoms with Gasteiger partial charge in [-0.25, -0.2) is 9.37 Å². The molecule has 0 fully saturated rings. The van der Waals surface area contributed by atoms with Crippen LogP contribution in [0, 0.1) is 12.7 Å². The first-order valence-corrected chi connectivity index (χ1v) is 6.69. The molecule has 0 unspecified atom stereocenters. The van der Waals surface area contributed by atoms with Gasteiger partial charge in [0, 0.05) is 24.2 Å². The highest BCUT2D eigenvalue weighted by atomic mass is 19.1. The molecule has 106 valence electrons. The normalized spacial score (nSPS) is 10.8. The van der Waals surface area contributed by atoms with Crippen molar-refractivity contribution in [2.24, 2.45) is 5.73 Å². The standard InChI is InChI=1S/C17H15FN2O/c1-11-6-7-13(8-16(11)18)21-17-15-5-3-2-4-14(15)12(9-19)10-20-17/h2-8,10H,9,19H2,1H3. The summed E-state index contributed by atoms with van der Waals surface area (Å²) in [6.07, 6.45) is 1.70. The first-order valence-electron chi connectivity index (χ1n) is 6.69. The molecule has 0 aliphatic heterocycles. The third-order valence-corrected chi connectivity index (χ3v) is 3.42. The fourth-order valence-corrected chi connectivity index (χ4v) is 2.22. The van der Waals surface area contributed by atoms with Crippen molar-refractivity contribution >= 4 is 10.8 Å². The average Bonchev–Trinajstić information content (AvgIpc) is 2.51. The van der Waals surface area contributed by atoms with Crippen molar-refractivity contribution in [2.75, 3.05) is 0 Å². The average molecular weight is 282 g/mol. The van der Waals surface area contributed by atoms with E-state index in [0.717, 1.165) is 16.3 Å². The summed E-state index contributed by atoms with van der Waals surface area (Å²) < 4.78 is 19.3. The third-order valence-electron chi connectivity index (χ3n) is 3.42. The van der Waals surface area contributed by atoms with Crippen LogP contribution in [0.2, 0.25) is 0 Å². The van der Waals surface area contributed by atoms with Crippen molar-refractivity contribution in [3.8, 4) is 11.6 Å². The van der Waals surface area contributed by atoms with Crippen LogP contribution < -0.4 is 10.5 Å². The zero-order chi connectivity index (χ0) is 14.8. The number of aryl methyl sites for hydroxylation is 1. The summed E-state index contributed by atoms with van der Waals surface area (Å²) in [5.41, 5.74) is 7.26. The quantitative estimate of drug-likeness (QED) is 0.791. The third kappa shape index (κ3) is 2.58. The molecule has 1 aromatic heterocycles. The van der Waals surface area contributed by atoms with Gasteiger partial charge in [-0.05, 0) is 35.6 Å². The Morgan fingerprint density at radius 1 is 1.14 bits per heavy atom. The Hall–Kier alpha value is -2.46. The SMILES string of the molecule is Cc1ccc(Oc2ncc(CN)c3ccccc23)cc1F. The predicted octanol–water partition coefficient (Wildman–Crippen LogP) is 3.93. The smallest absolute Gasteiger partial charge is 0.227 e. The van der Waals surface area contributed by atoms with E-state index < -0.39 is 0 Å². The Balaban J connectivity index is 2.06. The molecule has 0 bridgehead atoms. The highest BCUT2D eigenvalue weighted by Crippen LogP contribution is 2.30. The Morgan fingerprint density at radius 2 is 1.90 bits per heavy atom. The van der Waals surface area contributed by atoms with Crippen molar-refractivity contribution < 1.29 is 9.13 Å². The molecule has 2 aromatic carbocycles. The van der Waals surface area contributed by atoms with Crippen molar-refractivity contribution in [3.63, 3.8) is 0 Å². The predicted molar refractivity (Wildman–Crippen MR) is 80.8 cm³/mol. The molecule has 3 aromatic rings. The lowest BCUT2D eigenvalue weighted by molar-refractivity contribution is 0.463. The summed E-state index contributed by atoms with van der Waals surface area (Å²) in [5, 5.41) is 1.86. The Bertz CT molecular complexity index is 802.